The molecule has 1 aromatic heterocycles. The number of ether oxygens (including phenoxy) is 2. The van der Waals surface area contributed by atoms with Gasteiger partial charge in [0.25, 0.3) is 0 Å². The highest BCUT2D eigenvalue weighted by Crippen LogP contribution is 2.33. The van der Waals surface area contributed by atoms with Crippen LogP contribution in [0.3, 0.4) is 0 Å². The Hall–Kier alpha value is -3.01. The molecule has 22 heavy (non-hydrogen) atoms. The highest BCUT2D eigenvalue weighted by Gasteiger charge is 2.24. The molecule has 0 aliphatic heterocycles. The number of benzene rings is 1. The molecular weight excluding hydrogens is 289 g/mol. The lowest BCUT2D eigenvalue weighted by Gasteiger charge is -2.15. The molecule has 114 valence electrons. The van der Waals surface area contributed by atoms with Crippen molar-refractivity contribution in [2.75, 3.05) is 20.0 Å². The number of rotatable bonds is 3. The van der Waals surface area contributed by atoms with E-state index in [1.807, 2.05) is 6.07 Å². The van der Waals surface area contributed by atoms with E-state index in [2.05, 4.69) is 0 Å². The molecule has 2 N–H and O–H groups in total. The summed E-state index contributed by atoms with van der Waals surface area (Å²) in [6, 6.07) is 4.58. The van der Waals surface area contributed by atoms with Crippen LogP contribution in [0.5, 0.6) is 5.75 Å². The lowest BCUT2D eigenvalue weighted by Crippen LogP contribution is -2.12. The van der Waals surface area contributed by atoms with Gasteiger partial charge in [-0.05, 0) is 19.1 Å². The molecule has 0 atom stereocenters. The minimum Gasteiger partial charge on any atom is -0.494 e. The summed E-state index contributed by atoms with van der Waals surface area (Å²) in [5.74, 6) is -0.909. The summed E-state index contributed by atoms with van der Waals surface area (Å²) in [4.78, 5) is 12.0. The maximum atomic E-state index is 13.7. The second-order valence-electron chi connectivity index (χ2n) is 4.50. The van der Waals surface area contributed by atoms with E-state index in [0.29, 0.717) is 5.69 Å². The summed E-state index contributed by atoms with van der Waals surface area (Å²) < 4.78 is 25.0. The first kappa shape index (κ1) is 15.4. The van der Waals surface area contributed by atoms with Gasteiger partial charge >= 0.3 is 5.97 Å². The Balaban J connectivity index is 2.81. The number of carbonyl (C=O) groups is 1. The van der Waals surface area contributed by atoms with Crippen LogP contribution in [-0.2, 0) is 4.74 Å². The summed E-state index contributed by atoms with van der Waals surface area (Å²) in [6.07, 6.45) is 1.39. The fraction of sp³-hybridized carbons (Fsp3) is 0.200. The molecule has 0 saturated heterocycles. The van der Waals surface area contributed by atoms with E-state index in [1.165, 1.54) is 37.1 Å². The van der Waals surface area contributed by atoms with Crippen molar-refractivity contribution < 1.29 is 18.7 Å². The molecule has 0 spiro atoms. The van der Waals surface area contributed by atoms with E-state index in [1.54, 1.807) is 6.92 Å². The van der Waals surface area contributed by atoms with Crippen LogP contribution >= 0.6 is 0 Å². The topological polar surface area (TPSA) is 90.3 Å². The zero-order valence-electron chi connectivity index (χ0n) is 12.3. The first-order chi connectivity index (χ1) is 10.5. The number of anilines is 1. The molecule has 1 aromatic carbocycles. The van der Waals surface area contributed by atoms with Gasteiger partial charge in [-0.15, -0.1) is 0 Å². The molecule has 1 heterocycles. The Labute approximate surface area is 126 Å². The van der Waals surface area contributed by atoms with Gasteiger partial charge in [0, 0.05) is 11.8 Å². The monoisotopic (exact) mass is 303 g/mol. The van der Waals surface area contributed by atoms with Gasteiger partial charge in [-0.25, -0.2) is 9.18 Å². The maximum Gasteiger partial charge on any atom is 0.357 e. The molecule has 0 radical (unpaired) electrons. The third-order valence-electron chi connectivity index (χ3n) is 3.33. The normalized spacial score (nSPS) is 10.1. The molecular formula is C15H14FN3O3. The predicted octanol–water partition coefficient (Wildman–Crippen LogP) is 2.17. The molecule has 0 bridgehead atoms. The van der Waals surface area contributed by atoms with Crippen molar-refractivity contribution in [2.45, 2.75) is 6.92 Å². The Bertz CT molecular complexity index is 790. The third-order valence-corrected chi connectivity index (χ3v) is 3.33. The predicted molar refractivity (Wildman–Crippen MR) is 77.5 cm³/mol. The van der Waals surface area contributed by atoms with Gasteiger partial charge in [0.1, 0.15) is 17.6 Å². The fourth-order valence-corrected chi connectivity index (χ4v) is 2.21. The fourth-order valence-electron chi connectivity index (χ4n) is 2.21. The van der Waals surface area contributed by atoms with Gasteiger partial charge < -0.3 is 19.8 Å². The second kappa shape index (κ2) is 5.77. The number of methoxy groups -OCH3 is 2. The average Bonchev–Trinajstić information content (AvgIpc) is 2.85. The molecule has 7 heteroatoms. The third kappa shape index (κ3) is 2.24. The SMILES string of the molecule is COC(=O)c1c(N)c(C#N)cn1-c1ccc(F)c(C)c1OC. The van der Waals surface area contributed by atoms with E-state index in [-0.39, 0.29) is 28.3 Å². The number of carbonyl (C=O) groups excluding carboxylic acids is 1. The summed E-state index contributed by atoms with van der Waals surface area (Å²) in [6.45, 7) is 1.55. The van der Waals surface area contributed by atoms with E-state index in [9.17, 15) is 9.18 Å². The molecule has 0 saturated carbocycles. The van der Waals surface area contributed by atoms with Gasteiger partial charge in [0.2, 0.25) is 0 Å². The van der Waals surface area contributed by atoms with Crippen LogP contribution in [-0.4, -0.2) is 24.8 Å². The number of nitrogens with two attached hydrogens (primary N) is 1. The number of hydrogen-bond donors (Lipinski definition) is 1. The van der Waals surface area contributed by atoms with Gasteiger partial charge in [-0.3, -0.25) is 0 Å². The Kier molecular flexibility index (Phi) is 4.04. The van der Waals surface area contributed by atoms with Crippen LogP contribution in [0.1, 0.15) is 21.6 Å². The van der Waals surface area contributed by atoms with Crippen molar-refractivity contribution in [2.24, 2.45) is 0 Å². The van der Waals surface area contributed by atoms with Crippen LogP contribution in [0.25, 0.3) is 5.69 Å². The summed E-state index contributed by atoms with van der Waals surface area (Å²) in [5, 5.41) is 9.10. The van der Waals surface area contributed by atoms with Crippen molar-refractivity contribution in [1.29, 1.82) is 5.26 Å². The number of nitriles is 1. The molecule has 0 aliphatic rings. The standard InChI is InChI=1S/C15H14FN3O3/c1-8-10(16)4-5-11(14(8)21-2)19-7-9(6-17)12(18)13(19)15(20)22-3/h4-5,7H,18H2,1-3H3. The van der Waals surface area contributed by atoms with Crippen LogP contribution in [0.4, 0.5) is 10.1 Å². The summed E-state index contributed by atoms with van der Waals surface area (Å²) >= 11 is 0. The molecule has 0 unspecified atom stereocenters. The first-order valence-corrected chi connectivity index (χ1v) is 6.28. The smallest absolute Gasteiger partial charge is 0.357 e. The van der Waals surface area contributed by atoms with Crippen LogP contribution < -0.4 is 10.5 Å². The van der Waals surface area contributed by atoms with E-state index in [4.69, 9.17) is 20.5 Å². The van der Waals surface area contributed by atoms with E-state index < -0.39 is 11.8 Å². The molecule has 2 rings (SSSR count). The highest BCUT2D eigenvalue weighted by molar-refractivity contribution is 5.96. The quantitative estimate of drug-likeness (QED) is 0.878. The van der Waals surface area contributed by atoms with Crippen molar-refractivity contribution in [3.05, 3.63) is 41.0 Å². The van der Waals surface area contributed by atoms with Gasteiger partial charge in [-0.1, -0.05) is 0 Å². The lowest BCUT2D eigenvalue weighted by atomic mass is 10.1. The second-order valence-corrected chi connectivity index (χ2v) is 4.50. The number of nitrogen functional groups attached to an aromatic ring is 1. The van der Waals surface area contributed by atoms with Crippen molar-refractivity contribution in [3.8, 4) is 17.5 Å². The van der Waals surface area contributed by atoms with Crippen molar-refractivity contribution >= 4 is 11.7 Å². The number of nitrogens with zero attached hydrogens (tertiary/aromatic N) is 2. The minimum absolute atomic E-state index is 0.00150. The highest BCUT2D eigenvalue weighted by atomic mass is 19.1. The number of halogens is 1. The van der Waals surface area contributed by atoms with Gasteiger partial charge in [0.15, 0.2) is 5.69 Å². The summed E-state index contributed by atoms with van der Waals surface area (Å²) in [5.41, 5.74) is 6.60. The average molecular weight is 303 g/mol. The molecule has 6 nitrogen and oxygen atoms in total. The van der Waals surface area contributed by atoms with Gasteiger partial charge in [0.05, 0.1) is 31.2 Å². The van der Waals surface area contributed by atoms with Crippen molar-refractivity contribution in [3.63, 3.8) is 0 Å². The van der Waals surface area contributed by atoms with Crippen molar-refractivity contribution in [1.82, 2.24) is 4.57 Å². The van der Waals surface area contributed by atoms with Crippen LogP contribution in [0, 0.1) is 24.1 Å². The maximum absolute atomic E-state index is 13.7. The molecule has 0 fully saturated rings. The zero-order valence-corrected chi connectivity index (χ0v) is 12.3. The summed E-state index contributed by atoms with van der Waals surface area (Å²) in [7, 11) is 2.60. The molecule has 0 amide bonds. The number of esters is 1. The lowest BCUT2D eigenvalue weighted by molar-refractivity contribution is 0.0593. The number of hydrogen-bond acceptors (Lipinski definition) is 5. The largest absolute Gasteiger partial charge is 0.494 e. The van der Waals surface area contributed by atoms with Gasteiger partial charge in [-0.2, -0.15) is 5.26 Å². The zero-order chi connectivity index (χ0) is 16.4. The van der Waals surface area contributed by atoms with E-state index in [0.717, 1.165) is 0 Å². The Morgan fingerprint density at radius 3 is 2.64 bits per heavy atom. The van der Waals surface area contributed by atoms with Crippen LogP contribution in [0.15, 0.2) is 18.3 Å². The number of aromatic nitrogens is 1. The molecule has 2 aromatic rings. The van der Waals surface area contributed by atoms with E-state index >= 15 is 0 Å². The Morgan fingerprint density at radius 1 is 1.41 bits per heavy atom. The molecule has 0 aliphatic carbocycles. The Morgan fingerprint density at radius 2 is 2.09 bits per heavy atom. The first-order valence-electron chi connectivity index (χ1n) is 6.28. The van der Waals surface area contributed by atoms with Crippen LogP contribution in [0.2, 0.25) is 0 Å². The minimum atomic E-state index is -0.706.